The van der Waals surface area contributed by atoms with Crippen molar-refractivity contribution in [3.8, 4) is 5.75 Å². The number of benzene rings is 1. The minimum Gasteiger partial charge on any atom is -0.469 e. The van der Waals surface area contributed by atoms with Crippen LogP contribution < -0.4 is 9.21 Å². The molecule has 0 bridgehead atoms. The van der Waals surface area contributed by atoms with Crippen molar-refractivity contribution in [3.05, 3.63) is 59.4 Å². The van der Waals surface area contributed by atoms with Crippen LogP contribution in [0, 0.1) is 0 Å². The zero-order valence-corrected chi connectivity index (χ0v) is 24.0. The molecule has 1 aliphatic rings. The van der Waals surface area contributed by atoms with Crippen molar-refractivity contribution in [1.29, 1.82) is 0 Å². The monoisotopic (exact) mass is 570 g/mol. The topological polar surface area (TPSA) is 118 Å². The zero-order valence-electron chi connectivity index (χ0n) is 23.2. The molecule has 1 aromatic heterocycles. The smallest absolute Gasteiger partial charge is 0.469 e. The summed E-state index contributed by atoms with van der Waals surface area (Å²) in [6.45, 7) is 6.75. The van der Waals surface area contributed by atoms with Crippen LogP contribution in [0.1, 0.15) is 51.3 Å². The quantitative estimate of drug-likeness (QED) is 0.239. The van der Waals surface area contributed by atoms with Gasteiger partial charge in [0.1, 0.15) is 12.8 Å². The first-order valence-electron chi connectivity index (χ1n) is 12.8. The van der Waals surface area contributed by atoms with E-state index in [-0.39, 0.29) is 6.61 Å². The second kappa shape index (κ2) is 14.2. The molecule has 0 aliphatic carbocycles. The van der Waals surface area contributed by atoms with Gasteiger partial charge in [0.2, 0.25) is 0 Å². The number of aromatic nitrogens is 1. The molecule has 2 aromatic rings. The number of ether oxygens (including phenoxy) is 5. The number of hydrogen-bond acceptors (Lipinski definition) is 10. The highest BCUT2D eigenvalue weighted by molar-refractivity contribution is 8.00. The van der Waals surface area contributed by atoms with Gasteiger partial charge in [0.15, 0.2) is 35.7 Å². The highest BCUT2D eigenvalue weighted by atomic mass is 32.2. The van der Waals surface area contributed by atoms with E-state index in [4.69, 9.17) is 31.7 Å². The molecule has 5 atom stereocenters. The van der Waals surface area contributed by atoms with E-state index in [1.807, 2.05) is 18.2 Å². The van der Waals surface area contributed by atoms with Crippen molar-refractivity contribution in [3.63, 3.8) is 0 Å². The lowest BCUT2D eigenvalue weighted by molar-refractivity contribution is -0.522. The Labute approximate surface area is 239 Å². The molecular weight excluding hydrogens is 537 g/mol. The van der Waals surface area contributed by atoms with Gasteiger partial charge in [-0.25, -0.2) is 0 Å². The number of hydrogen-bond donors (Lipinski definition) is 0. The first-order valence-corrected chi connectivity index (χ1v) is 13.7. The lowest BCUT2D eigenvalue weighted by Gasteiger charge is -2.43. The van der Waals surface area contributed by atoms with Gasteiger partial charge < -0.3 is 23.7 Å². The molecule has 0 N–H and O–H groups in total. The predicted molar refractivity (Wildman–Crippen MR) is 146 cm³/mol. The Hall–Kier alpha value is -3.54. The van der Waals surface area contributed by atoms with Gasteiger partial charge in [0.25, 0.3) is 0 Å². The first-order chi connectivity index (χ1) is 19.0. The molecule has 212 valence electrons. The molecule has 0 spiro atoms. The molecular formula is C28H33BNO9S+. The van der Waals surface area contributed by atoms with E-state index >= 15 is 0 Å². The van der Waals surface area contributed by atoms with E-state index in [2.05, 4.69) is 19.1 Å². The maximum Gasteiger partial charge on any atom is 0.586 e. The Morgan fingerprint density at radius 2 is 1.40 bits per heavy atom. The molecule has 0 amide bonds. The maximum atomic E-state index is 12.2. The molecule has 2 heterocycles. The van der Waals surface area contributed by atoms with E-state index < -0.39 is 52.9 Å². The van der Waals surface area contributed by atoms with Crippen LogP contribution in [0.15, 0.2) is 42.7 Å². The summed E-state index contributed by atoms with van der Waals surface area (Å²) in [5.41, 5.74) is 2.11. The average Bonchev–Trinajstić information content (AvgIpc) is 2.87. The molecule has 1 aliphatic heterocycles. The summed E-state index contributed by atoms with van der Waals surface area (Å²) < 4.78 is 29.6. The summed E-state index contributed by atoms with van der Waals surface area (Å²) in [5.74, 6) is -2.14. The second-order valence-corrected chi connectivity index (χ2v) is 10.7. The van der Waals surface area contributed by atoms with E-state index in [1.165, 1.54) is 37.7 Å². The van der Waals surface area contributed by atoms with Crippen molar-refractivity contribution < 1.29 is 47.3 Å². The molecule has 0 unspecified atom stereocenters. The van der Waals surface area contributed by atoms with Crippen LogP contribution >= 0.6 is 11.8 Å². The fourth-order valence-electron chi connectivity index (χ4n) is 4.29. The predicted octanol–water partition coefficient (Wildman–Crippen LogP) is 2.24. The van der Waals surface area contributed by atoms with Gasteiger partial charge in [-0.15, -0.1) is 11.8 Å². The van der Waals surface area contributed by atoms with E-state index in [0.717, 1.165) is 29.3 Å². The van der Waals surface area contributed by atoms with Crippen LogP contribution in [0.2, 0.25) is 0 Å². The van der Waals surface area contributed by atoms with Gasteiger partial charge in [-0.2, -0.15) is 0 Å². The van der Waals surface area contributed by atoms with Crippen molar-refractivity contribution >= 4 is 43.6 Å². The van der Waals surface area contributed by atoms with Crippen LogP contribution in [0.25, 0.3) is 0 Å². The molecule has 1 saturated heterocycles. The van der Waals surface area contributed by atoms with Gasteiger partial charge in [0.05, 0.1) is 5.25 Å². The molecule has 1 aromatic carbocycles. The number of aryl methyl sites for hydroxylation is 1. The van der Waals surface area contributed by atoms with Crippen molar-refractivity contribution in [2.24, 2.45) is 0 Å². The largest absolute Gasteiger partial charge is 0.586 e. The van der Waals surface area contributed by atoms with Gasteiger partial charge in [-0.05, 0) is 17.5 Å². The summed E-state index contributed by atoms with van der Waals surface area (Å²) in [6, 6.07) is 10.0. The van der Waals surface area contributed by atoms with Crippen LogP contribution in [0.3, 0.4) is 0 Å². The van der Waals surface area contributed by atoms with Gasteiger partial charge >= 0.3 is 31.9 Å². The highest BCUT2D eigenvalue weighted by Gasteiger charge is 2.53. The lowest BCUT2D eigenvalue weighted by Crippen LogP contribution is -2.59. The van der Waals surface area contributed by atoms with Gasteiger partial charge in [-0.1, -0.05) is 31.2 Å². The standard InChI is InChI=1S/C28H33BNO9S/c1-6-20-7-9-21(10-8-20)13-22-11-12-30(29)14-23(22)39-28-27(38-19(5)34)26(37-18(4)33)25(36-17(3)32)24(40-28)15-35-16(2)31/h7-12,14,24-28H,6,13,15H2,1-5H3/q+1/t24-,25+,26-,27+,28-/m0/s1. The maximum absolute atomic E-state index is 12.2. The number of rotatable bonds is 10. The van der Waals surface area contributed by atoms with Crippen molar-refractivity contribution in [2.45, 2.75) is 76.5 Å². The van der Waals surface area contributed by atoms with E-state index in [1.54, 1.807) is 12.4 Å². The highest BCUT2D eigenvalue weighted by Crippen LogP contribution is 2.40. The Balaban J connectivity index is 2.01. The molecule has 1 fully saturated rings. The van der Waals surface area contributed by atoms with Crippen molar-refractivity contribution in [1.82, 2.24) is 0 Å². The van der Waals surface area contributed by atoms with E-state index in [0.29, 0.717) is 12.2 Å². The normalized spacial score (nSPS) is 22.1. The lowest BCUT2D eigenvalue weighted by atomic mass is 10.0. The van der Waals surface area contributed by atoms with Gasteiger partial charge in [-0.3, -0.25) is 23.7 Å². The molecule has 10 nitrogen and oxygen atoms in total. The molecule has 0 saturated carbocycles. The summed E-state index contributed by atoms with van der Waals surface area (Å²) in [4.78, 5) is 47.9. The number of nitrogens with zero attached hydrogens (tertiary/aromatic N) is 1. The number of pyridine rings is 1. The van der Waals surface area contributed by atoms with Crippen LogP contribution in [0.4, 0.5) is 0 Å². The fraction of sp³-hybridized carbons (Fsp3) is 0.464. The molecule has 40 heavy (non-hydrogen) atoms. The number of thioether (sulfide) groups is 1. The third-order valence-corrected chi connectivity index (χ3v) is 7.43. The number of esters is 4. The Bertz CT molecular complexity index is 1220. The number of carbonyl (C=O) groups is 4. The Morgan fingerprint density at radius 1 is 0.825 bits per heavy atom. The Morgan fingerprint density at radius 3 is 1.98 bits per heavy atom. The SMILES string of the molecule is [B][n+]1ccc(Cc2ccc(CC)cc2)c(O[C@H]2S[C@@H](COC(C)=O)[C@@H](OC(C)=O)[C@H](OC(C)=O)[C@H]2OC(C)=O)c1. The zero-order chi connectivity index (χ0) is 29.4. The second-order valence-electron chi connectivity index (χ2n) is 9.31. The average molecular weight is 570 g/mol. The van der Waals surface area contributed by atoms with E-state index in [9.17, 15) is 19.2 Å². The third-order valence-electron chi connectivity index (χ3n) is 6.05. The Kier molecular flexibility index (Phi) is 11.0. The van der Waals surface area contributed by atoms with Crippen molar-refractivity contribution in [2.75, 3.05) is 6.61 Å². The molecule has 3 rings (SSSR count). The first kappa shape index (κ1) is 31.0. The molecule has 12 heteroatoms. The van der Waals surface area contributed by atoms with Crippen LogP contribution in [-0.4, -0.2) is 67.5 Å². The summed E-state index contributed by atoms with van der Waals surface area (Å²) in [7, 11) is 6.02. The van der Waals surface area contributed by atoms with Crippen LogP contribution in [0.5, 0.6) is 5.75 Å². The summed E-state index contributed by atoms with van der Waals surface area (Å²) >= 11 is 1.13. The summed E-state index contributed by atoms with van der Waals surface area (Å²) in [6.07, 6.45) is 1.21. The number of carbonyl (C=O) groups excluding carboxylic acids is 4. The minimum atomic E-state index is -1.24. The summed E-state index contributed by atoms with van der Waals surface area (Å²) in [5, 5.41) is -0.715. The third kappa shape index (κ3) is 8.74. The molecule has 2 radical (unpaired) electrons. The van der Waals surface area contributed by atoms with Gasteiger partial charge in [0, 0.05) is 45.7 Å². The van der Waals surface area contributed by atoms with Crippen LogP contribution in [-0.2, 0) is 51.0 Å². The minimum absolute atomic E-state index is 0.176. The fourth-order valence-corrected chi connectivity index (χ4v) is 5.67.